The third kappa shape index (κ3) is 6.59. The summed E-state index contributed by atoms with van der Waals surface area (Å²) in [5.41, 5.74) is 9.33. The molecule has 27 heavy (non-hydrogen) atoms. The molecule has 1 amide bonds. The summed E-state index contributed by atoms with van der Waals surface area (Å²) in [6.07, 6.45) is -0.531. The number of carbonyl (C=O) groups excluding carboxylic acids is 1. The first kappa shape index (κ1) is 20.2. The van der Waals surface area contributed by atoms with Crippen molar-refractivity contribution in [3.05, 3.63) is 60.2 Å². The van der Waals surface area contributed by atoms with Gasteiger partial charge in [0.2, 0.25) is 0 Å². The van der Waals surface area contributed by atoms with Gasteiger partial charge in [0.25, 0.3) is 0 Å². The number of ether oxygens (including phenoxy) is 2. The molecule has 0 heterocycles. The van der Waals surface area contributed by atoms with Crippen molar-refractivity contribution in [2.24, 2.45) is 10.8 Å². The quantitative estimate of drug-likeness (QED) is 0.384. The second-order valence-corrected chi connectivity index (χ2v) is 5.94. The molecule has 0 aromatic heterocycles. The first-order valence-corrected chi connectivity index (χ1v) is 8.80. The number of nitrogens with zero attached hydrogens (tertiary/aromatic N) is 1. The Morgan fingerprint density at radius 2 is 1.78 bits per heavy atom. The van der Waals surface area contributed by atoms with Gasteiger partial charge in [-0.3, -0.25) is 5.43 Å². The summed E-state index contributed by atoms with van der Waals surface area (Å²) in [4.78, 5) is 11.7. The van der Waals surface area contributed by atoms with Gasteiger partial charge in [-0.1, -0.05) is 18.2 Å². The summed E-state index contributed by atoms with van der Waals surface area (Å²) in [5, 5.41) is 6.95. The average Bonchev–Trinajstić information content (AvgIpc) is 2.64. The highest BCUT2D eigenvalue weighted by Gasteiger charge is 2.17. The van der Waals surface area contributed by atoms with Crippen LogP contribution in [0.3, 0.4) is 0 Å². The lowest BCUT2D eigenvalue weighted by Crippen LogP contribution is -2.40. The third-order valence-corrected chi connectivity index (χ3v) is 3.53. The highest BCUT2D eigenvalue weighted by molar-refractivity contribution is 7.80. The summed E-state index contributed by atoms with van der Waals surface area (Å²) in [6, 6.07) is 16.3. The topological polar surface area (TPSA) is 98.0 Å². The van der Waals surface area contributed by atoms with E-state index in [0.717, 1.165) is 11.3 Å². The number of nitrogens with two attached hydrogens (primary N) is 1. The normalized spacial score (nSPS) is 12.0. The van der Waals surface area contributed by atoms with Gasteiger partial charge in [-0.15, -0.1) is 0 Å². The van der Waals surface area contributed by atoms with E-state index in [1.165, 1.54) is 0 Å². The van der Waals surface area contributed by atoms with Gasteiger partial charge in [-0.2, -0.15) is 5.10 Å². The molecule has 0 saturated heterocycles. The summed E-state index contributed by atoms with van der Waals surface area (Å²) in [5.74, 6) is 1.42. The van der Waals surface area contributed by atoms with Gasteiger partial charge in [-0.05, 0) is 62.5 Å². The smallest absolute Gasteiger partial charge is 0.407 e. The molecule has 2 aromatic carbocycles. The van der Waals surface area contributed by atoms with E-state index in [-0.39, 0.29) is 11.7 Å². The van der Waals surface area contributed by atoms with Gasteiger partial charge in [0, 0.05) is 5.56 Å². The van der Waals surface area contributed by atoms with Crippen LogP contribution in [0.15, 0.2) is 59.7 Å². The van der Waals surface area contributed by atoms with Gasteiger partial charge in [0.1, 0.15) is 11.5 Å². The number of para-hydroxylation sites is 1. The Labute approximate surface area is 163 Å². The molecule has 1 unspecified atom stereocenters. The molecule has 0 saturated carbocycles. The number of amides is 1. The molecular formula is C19H22N4O3S. The first-order chi connectivity index (χ1) is 13.0. The minimum absolute atomic E-state index is 0.0277. The lowest BCUT2D eigenvalue weighted by molar-refractivity contribution is 0.151. The van der Waals surface area contributed by atoms with Crippen LogP contribution in [0.2, 0.25) is 0 Å². The molecule has 1 atom stereocenters. The minimum atomic E-state index is -0.531. The van der Waals surface area contributed by atoms with Crippen LogP contribution in [0, 0.1) is 0 Å². The van der Waals surface area contributed by atoms with Crippen LogP contribution < -0.4 is 21.2 Å². The zero-order chi connectivity index (χ0) is 19.6. The number of nitrogens with one attached hydrogen (secondary N) is 2. The van der Waals surface area contributed by atoms with Gasteiger partial charge < -0.3 is 20.5 Å². The zero-order valence-corrected chi connectivity index (χ0v) is 16.0. The molecule has 0 fully saturated rings. The summed E-state index contributed by atoms with van der Waals surface area (Å²) < 4.78 is 10.7. The van der Waals surface area contributed by atoms with Crippen molar-refractivity contribution >= 4 is 29.1 Å². The van der Waals surface area contributed by atoms with Crippen LogP contribution in [0.5, 0.6) is 11.5 Å². The van der Waals surface area contributed by atoms with Crippen molar-refractivity contribution in [1.29, 1.82) is 0 Å². The number of hydrazone groups is 1. The second kappa shape index (κ2) is 10.1. The van der Waals surface area contributed by atoms with Crippen LogP contribution in [0.1, 0.15) is 19.4 Å². The second-order valence-electron chi connectivity index (χ2n) is 5.50. The number of alkyl carbamates (subject to hydrolysis) is 1. The predicted molar refractivity (Wildman–Crippen MR) is 109 cm³/mol. The highest BCUT2D eigenvalue weighted by atomic mass is 32.1. The number of carbonyl (C=O) groups is 1. The standard InChI is InChI=1S/C19H22N4O3S/c1-3-25-19(24)21-13(2)17(22-23-18(20)27)14-9-11-16(12-10-14)26-15-7-5-4-6-8-15/h4-13H,3H2,1-2H3,(H,21,24)(H3,20,23,27). The molecule has 2 rings (SSSR count). The van der Waals surface area contributed by atoms with E-state index in [1.54, 1.807) is 13.8 Å². The fraction of sp³-hybridized carbons (Fsp3) is 0.211. The van der Waals surface area contributed by atoms with Crippen LogP contribution in [0.4, 0.5) is 4.79 Å². The van der Waals surface area contributed by atoms with Gasteiger partial charge >= 0.3 is 6.09 Å². The zero-order valence-electron chi connectivity index (χ0n) is 15.1. The molecule has 0 spiro atoms. The lowest BCUT2D eigenvalue weighted by Gasteiger charge is -2.17. The first-order valence-electron chi connectivity index (χ1n) is 8.39. The Bertz CT molecular complexity index is 794. The predicted octanol–water partition coefficient (Wildman–Crippen LogP) is 3.15. The largest absolute Gasteiger partial charge is 0.457 e. The number of hydrogen-bond donors (Lipinski definition) is 3. The minimum Gasteiger partial charge on any atom is -0.457 e. The maximum Gasteiger partial charge on any atom is 0.407 e. The van der Waals surface area contributed by atoms with Crippen molar-refractivity contribution in [1.82, 2.24) is 10.7 Å². The fourth-order valence-corrected chi connectivity index (χ4v) is 2.31. The van der Waals surface area contributed by atoms with E-state index in [9.17, 15) is 4.79 Å². The van der Waals surface area contributed by atoms with E-state index in [0.29, 0.717) is 11.5 Å². The Hall–Kier alpha value is -3.13. The molecule has 7 nitrogen and oxygen atoms in total. The summed E-state index contributed by atoms with van der Waals surface area (Å²) in [7, 11) is 0. The Morgan fingerprint density at radius 1 is 1.15 bits per heavy atom. The Morgan fingerprint density at radius 3 is 2.37 bits per heavy atom. The lowest BCUT2D eigenvalue weighted by atomic mass is 10.0. The van der Waals surface area contributed by atoms with Crippen LogP contribution in [-0.4, -0.2) is 29.6 Å². The van der Waals surface area contributed by atoms with Crippen molar-refractivity contribution in [3.8, 4) is 11.5 Å². The molecule has 0 radical (unpaired) electrons. The van der Waals surface area contributed by atoms with E-state index in [1.807, 2.05) is 54.6 Å². The Kier molecular flexibility index (Phi) is 7.57. The van der Waals surface area contributed by atoms with E-state index >= 15 is 0 Å². The number of thiocarbonyl (C=S) groups is 1. The monoisotopic (exact) mass is 386 g/mol. The fourth-order valence-electron chi connectivity index (χ4n) is 2.26. The van der Waals surface area contributed by atoms with Crippen LogP contribution >= 0.6 is 12.2 Å². The van der Waals surface area contributed by atoms with Crippen molar-refractivity contribution < 1.29 is 14.3 Å². The van der Waals surface area contributed by atoms with Crippen molar-refractivity contribution in [2.45, 2.75) is 19.9 Å². The van der Waals surface area contributed by atoms with E-state index in [2.05, 4.69) is 15.8 Å². The summed E-state index contributed by atoms with van der Waals surface area (Å²) in [6.45, 7) is 3.80. The van der Waals surface area contributed by atoms with Crippen molar-refractivity contribution in [3.63, 3.8) is 0 Å². The van der Waals surface area contributed by atoms with Gasteiger partial charge in [0.05, 0.1) is 18.4 Å². The van der Waals surface area contributed by atoms with E-state index in [4.69, 9.17) is 27.4 Å². The van der Waals surface area contributed by atoms with Gasteiger partial charge in [-0.25, -0.2) is 4.79 Å². The molecule has 2 aromatic rings. The number of hydrogen-bond acceptors (Lipinski definition) is 5. The molecule has 0 aliphatic heterocycles. The highest BCUT2D eigenvalue weighted by Crippen LogP contribution is 2.21. The van der Waals surface area contributed by atoms with Crippen LogP contribution in [-0.2, 0) is 4.74 Å². The maximum atomic E-state index is 11.7. The molecule has 0 aliphatic carbocycles. The molecule has 0 aliphatic rings. The number of rotatable bonds is 7. The SMILES string of the molecule is CCOC(=O)NC(C)C(=NNC(N)=S)c1ccc(Oc2ccccc2)cc1. The average molecular weight is 386 g/mol. The Balaban J connectivity index is 2.18. The third-order valence-electron chi connectivity index (χ3n) is 3.44. The number of benzene rings is 2. The molecule has 8 heteroatoms. The van der Waals surface area contributed by atoms with Gasteiger partial charge in [0.15, 0.2) is 5.11 Å². The van der Waals surface area contributed by atoms with E-state index < -0.39 is 12.1 Å². The van der Waals surface area contributed by atoms with Crippen molar-refractivity contribution in [2.75, 3.05) is 6.61 Å². The molecule has 142 valence electrons. The summed E-state index contributed by atoms with van der Waals surface area (Å²) >= 11 is 4.80. The maximum absolute atomic E-state index is 11.7. The molecular weight excluding hydrogens is 364 g/mol. The molecule has 4 N–H and O–H groups in total. The molecule has 0 bridgehead atoms. The van der Waals surface area contributed by atoms with Crippen LogP contribution in [0.25, 0.3) is 0 Å².